The quantitative estimate of drug-likeness (QED) is 0.363. The zero-order valence-electron chi connectivity index (χ0n) is 17.9. The van der Waals surface area contributed by atoms with E-state index in [2.05, 4.69) is 52.0 Å². The minimum atomic E-state index is 0.890. The molecule has 5 nitrogen and oxygen atoms in total. The van der Waals surface area contributed by atoms with Crippen molar-refractivity contribution in [3.63, 3.8) is 0 Å². The summed E-state index contributed by atoms with van der Waals surface area (Å²) in [6.07, 6.45) is 12.8. The van der Waals surface area contributed by atoms with E-state index >= 15 is 0 Å². The zero-order chi connectivity index (χ0) is 21.9. The average molecular weight is 416 g/mol. The van der Waals surface area contributed by atoms with Gasteiger partial charge in [0.15, 0.2) is 0 Å². The van der Waals surface area contributed by atoms with Crippen LogP contribution in [0.5, 0.6) is 0 Å². The highest BCUT2D eigenvalue weighted by molar-refractivity contribution is 5.72. The molecular formula is C27H21N5. The molecule has 5 aromatic heterocycles. The Morgan fingerprint density at radius 3 is 1.66 bits per heavy atom. The van der Waals surface area contributed by atoms with Crippen molar-refractivity contribution in [2.75, 3.05) is 0 Å². The number of nitrogens with zero attached hydrogens (tertiary/aromatic N) is 5. The zero-order valence-corrected chi connectivity index (χ0v) is 17.9. The molecule has 5 heteroatoms. The first-order valence-corrected chi connectivity index (χ1v) is 10.4. The van der Waals surface area contributed by atoms with Crippen LogP contribution >= 0.6 is 0 Å². The molecule has 0 aliphatic heterocycles. The maximum Gasteiger partial charge on any atom is 0.0747 e. The van der Waals surface area contributed by atoms with E-state index in [4.69, 9.17) is 4.98 Å². The molecule has 0 bridgehead atoms. The molecule has 0 aliphatic carbocycles. The third-order valence-corrected chi connectivity index (χ3v) is 5.42. The molecular weight excluding hydrogens is 394 g/mol. The van der Waals surface area contributed by atoms with Crippen LogP contribution in [0.2, 0.25) is 0 Å². The molecule has 0 spiro atoms. The van der Waals surface area contributed by atoms with Crippen LogP contribution < -0.4 is 0 Å². The second kappa shape index (κ2) is 8.47. The Bertz CT molecular complexity index is 1370. The van der Waals surface area contributed by atoms with Gasteiger partial charge >= 0.3 is 0 Å². The van der Waals surface area contributed by atoms with E-state index in [9.17, 15) is 0 Å². The summed E-state index contributed by atoms with van der Waals surface area (Å²) in [7, 11) is 0. The molecule has 0 saturated heterocycles. The smallest absolute Gasteiger partial charge is 0.0747 e. The molecule has 154 valence electrons. The van der Waals surface area contributed by atoms with Gasteiger partial charge in [0, 0.05) is 71.2 Å². The van der Waals surface area contributed by atoms with Crippen molar-refractivity contribution in [2.24, 2.45) is 0 Å². The molecule has 5 aromatic rings. The van der Waals surface area contributed by atoms with Crippen LogP contribution in [0.1, 0.15) is 11.1 Å². The Kier molecular flexibility index (Phi) is 5.22. The number of aryl methyl sites for hydroxylation is 2. The molecule has 0 N–H and O–H groups in total. The lowest BCUT2D eigenvalue weighted by atomic mass is 10.0. The van der Waals surface area contributed by atoms with E-state index in [0.717, 1.165) is 56.0 Å². The van der Waals surface area contributed by atoms with Gasteiger partial charge in [-0.25, -0.2) is 0 Å². The summed E-state index contributed by atoms with van der Waals surface area (Å²) in [5.41, 5.74) is 10.0. The molecule has 0 radical (unpaired) electrons. The lowest BCUT2D eigenvalue weighted by Gasteiger charge is -2.11. The molecule has 0 amide bonds. The molecule has 0 unspecified atom stereocenters. The fourth-order valence-electron chi connectivity index (χ4n) is 3.80. The van der Waals surface area contributed by atoms with E-state index in [0.29, 0.717) is 0 Å². The van der Waals surface area contributed by atoms with Gasteiger partial charge in [0.1, 0.15) is 0 Å². The van der Waals surface area contributed by atoms with E-state index in [-0.39, 0.29) is 0 Å². The first-order chi connectivity index (χ1) is 15.7. The van der Waals surface area contributed by atoms with Crippen molar-refractivity contribution >= 4 is 0 Å². The number of pyridine rings is 5. The first-order valence-electron chi connectivity index (χ1n) is 10.4. The largest absolute Gasteiger partial charge is 0.264 e. The van der Waals surface area contributed by atoms with Crippen LogP contribution in [0.15, 0.2) is 91.9 Å². The van der Waals surface area contributed by atoms with Gasteiger partial charge in [-0.3, -0.25) is 24.9 Å². The van der Waals surface area contributed by atoms with E-state index in [1.807, 2.05) is 61.3 Å². The fraction of sp³-hybridized carbons (Fsp3) is 0.0741. The standard InChI is InChI=1S/C27H21N5/c1-18-11-23(25-8-7-21(15-30-25)20-5-3-9-28-13-20)16-31-27(18)24-12-19(2)26(32-17-24)22-6-4-10-29-14-22/h3-17H,1-2H3. The molecule has 0 aliphatic rings. The van der Waals surface area contributed by atoms with Crippen LogP contribution in [0.4, 0.5) is 0 Å². The molecule has 0 atom stereocenters. The summed E-state index contributed by atoms with van der Waals surface area (Å²) >= 11 is 0. The van der Waals surface area contributed by atoms with Gasteiger partial charge in [0.25, 0.3) is 0 Å². The molecule has 32 heavy (non-hydrogen) atoms. The second-order valence-corrected chi connectivity index (χ2v) is 7.69. The fourth-order valence-corrected chi connectivity index (χ4v) is 3.80. The Morgan fingerprint density at radius 2 is 1.06 bits per heavy atom. The maximum absolute atomic E-state index is 4.75. The minimum absolute atomic E-state index is 0.890. The normalized spacial score (nSPS) is 10.8. The van der Waals surface area contributed by atoms with Gasteiger partial charge < -0.3 is 0 Å². The second-order valence-electron chi connectivity index (χ2n) is 7.69. The Balaban J connectivity index is 1.43. The van der Waals surface area contributed by atoms with E-state index in [1.165, 1.54) is 0 Å². The van der Waals surface area contributed by atoms with Crippen LogP contribution in [0, 0.1) is 13.8 Å². The third kappa shape index (κ3) is 3.88. The monoisotopic (exact) mass is 415 g/mol. The van der Waals surface area contributed by atoms with Gasteiger partial charge in [-0.15, -0.1) is 0 Å². The molecule has 5 rings (SSSR count). The summed E-state index contributed by atoms with van der Waals surface area (Å²) < 4.78 is 0. The molecule has 0 saturated carbocycles. The van der Waals surface area contributed by atoms with Gasteiger partial charge in [0.2, 0.25) is 0 Å². The van der Waals surface area contributed by atoms with Crippen LogP contribution in [0.3, 0.4) is 0 Å². The lowest BCUT2D eigenvalue weighted by Crippen LogP contribution is -1.95. The first kappa shape index (κ1) is 19.7. The highest BCUT2D eigenvalue weighted by atomic mass is 14.7. The van der Waals surface area contributed by atoms with Crippen molar-refractivity contribution in [1.29, 1.82) is 0 Å². The van der Waals surface area contributed by atoms with Crippen LogP contribution in [0.25, 0.3) is 44.9 Å². The SMILES string of the molecule is Cc1cc(-c2ccc(-c3cccnc3)cn2)cnc1-c1cnc(-c2cccnc2)c(C)c1. The third-order valence-electron chi connectivity index (χ3n) is 5.42. The highest BCUT2D eigenvalue weighted by Gasteiger charge is 2.11. The summed E-state index contributed by atoms with van der Waals surface area (Å²) in [6, 6.07) is 16.2. The number of aromatic nitrogens is 5. The summed E-state index contributed by atoms with van der Waals surface area (Å²) in [4.78, 5) is 22.4. The summed E-state index contributed by atoms with van der Waals surface area (Å²) in [6.45, 7) is 4.14. The number of rotatable bonds is 4. The van der Waals surface area contributed by atoms with E-state index in [1.54, 1.807) is 12.4 Å². The lowest BCUT2D eigenvalue weighted by molar-refractivity contribution is 1.21. The minimum Gasteiger partial charge on any atom is -0.264 e. The molecule has 0 fully saturated rings. The summed E-state index contributed by atoms with van der Waals surface area (Å²) in [5, 5.41) is 0. The average Bonchev–Trinajstić information content (AvgIpc) is 2.85. The Labute approximate surface area is 186 Å². The van der Waals surface area contributed by atoms with Crippen LogP contribution in [-0.2, 0) is 0 Å². The van der Waals surface area contributed by atoms with Crippen molar-refractivity contribution in [2.45, 2.75) is 13.8 Å². The van der Waals surface area contributed by atoms with E-state index < -0.39 is 0 Å². The Morgan fingerprint density at radius 1 is 0.500 bits per heavy atom. The van der Waals surface area contributed by atoms with Crippen LogP contribution in [-0.4, -0.2) is 24.9 Å². The highest BCUT2D eigenvalue weighted by Crippen LogP contribution is 2.29. The van der Waals surface area contributed by atoms with Crippen molar-refractivity contribution in [3.8, 4) is 44.9 Å². The number of hydrogen-bond acceptors (Lipinski definition) is 5. The van der Waals surface area contributed by atoms with Crippen molar-refractivity contribution in [3.05, 3.63) is 103 Å². The van der Waals surface area contributed by atoms with Gasteiger partial charge in [0.05, 0.1) is 17.1 Å². The topological polar surface area (TPSA) is 64.5 Å². The van der Waals surface area contributed by atoms with Crippen molar-refractivity contribution in [1.82, 2.24) is 24.9 Å². The van der Waals surface area contributed by atoms with Gasteiger partial charge in [-0.2, -0.15) is 0 Å². The van der Waals surface area contributed by atoms with Gasteiger partial charge in [-0.05, 0) is 61.4 Å². The predicted octanol–water partition coefficient (Wildman–Crippen LogP) is 5.95. The maximum atomic E-state index is 4.75. The van der Waals surface area contributed by atoms with Gasteiger partial charge in [-0.1, -0.05) is 12.1 Å². The predicted molar refractivity (Wildman–Crippen MR) is 127 cm³/mol. The summed E-state index contributed by atoms with van der Waals surface area (Å²) in [5.74, 6) is 0. The Hall–Kier alpha value is -4.25. The number of hydrogen-bond donors (Lipinski definition) is 0. The molecule has 5 heterocycles. The van der Waals surface area contributed by atoms with Crippen molar-refractivity contribution < 1.29 is 0 Å². The molecule has 0 aromatic carbocycles.